The van der Waals surface area contributed by atoms with Crippen LogP contribution in [-0.4, -0.2) is 68.2 Å². The lowest BCUT2D eigenvalue weighted by molar-refractivity contribution is -0.116. The minimum atomic E-state index is -0.770. The number of methoxy groups -OCH3 is 2. The second-order valence-electron chi connectivity index (χ2n) is 10.6. The molecule has 9 nitrogen and oxygen atoms in total. The summed E-state index contributed by atoms with van der Waals surface area (Å²) in [5, 5.41) is 6.46. The highest BCUT2D eigenvalue weighted by atomic mass is 16.5. The Bertz CT molecular complexity index is 1510. The van der Waals surface area contributed by atoms with E-state index in [1.807, 2.05) is 56.3 Å². The predicted molar refractivity (Wildman–Crippen MR) is 167 cm³/mol. The van der Waals surface area contributed by atoms with Gasteiger partial charge in [0.15, 0.2) is 0 Å². The Hall–Kier alpha value is -4.63. The van der Waals surface area contributed by atoms with E-state index in [-0.39, 0.29) is 5.91 Å². The molecule has 1 amide bonds. The van der Waals surface area contributed by atoms with Gasteiger partial charge in [-0.25, -0.2) is 9.97 Å². The molecule has 0 saturated carbocycles. The fourth-order valence-corrected chi connectivity index (χ4v) is 5.24. The number of piperazine rings is 1. The van der Waals surface area contributed by atoms with Crippen molar-refractivity contribution in [3.63, 3.8) is 0 Å². The summed E-state index contributed by atoms with van der Waals surface area (Å²) in [6.45, 7) is 8.08. The quantitative estimate of drug-likeness (QED) is 0.279. The standard InChI is InChI=1S/C33H38N6O3/c1-22-7-6-8-23(2)31(22)37-32(40)30(27-14-13-26(41-4)21-29(27)42-5)28-15-16-34-33(36-28)35-24-9-11-25(12-10-24)39-19-17-38(3)18-20-39/h6-16,21,30H,17-20H2,1-5H3,(H,37,40)(H,34,35,36). The average Bonchev–Trinajstić information content (AvgIpc) is 3.00. The van der Waals surface area contributed by atoms with Crippen LogP contribution in [0.1, 0.15) is 28.3 Å². The van der Waals surface area contributed by atoms with Crippen LogP contribution in [0.3, 0.4) is 0 Å². The van der Waals surface area contributed by atoms with E-state index in [0.29, 0.717) is 28.7 Å². The summed E-state index contributed by atoms with van der Waals surface area (Å²) in [5.41, 5.74) is 6.01. The molecule has 9 heteroatoms. The maximum atomic E-state index is 14.0. The number of aromatic nitrogens is 2. The number of aryl methyl sites for hydroxylation is 2. The van der Waals surface area contributed by atoms with Crippen LogP contribution < -0.4 is 25.0 Å². The van der Waals surface area contributed by atoms with E-state index >= 15 is 0 Å². The summed E-state index contributed by atoms with van der Waals surface area (Å²) in [7, 11) is 5.33. The van der Waals surface area contributed by atoms with Crippen molar-refractivity contribution in [1.29, 1.82) is 0 Å². The minimum absolute atomic E-state index is 0.225. The van der Waals surface area contributed by atoms with Crippen molar-refractivity contribution in [1.82, 2.24) is 14.9 Å². The van der Waals surface area contributed by atoms with Crippen LogP contribution in [0.5, 0.6) is 11.5 Å². The number of amides is 1. The summed E-state index contributed by atoms with van der Waals surface area (Å²) < 4.78 is 11.1. The van der Waals surface area contributed by atoms with Gasteiger partial charge in [-0.15, -0.1) is 0 Å². The Labute approximate surface area is 247 Å². The monoisotopic (exact) mass is 566 g/mol. The Kier molecular flexibility index (Phi) is 8.88. The third-order valence-electron chi connectivity index (χ3n) is 7.71. The molecule has 1 aliphatic rings. The molecule has 1 fully saturated rings. The highest BCUT2D eigenvalue weighted by molar-refractivity contribution is 5.99. The lowest BCUT2D eigenvalue weighted by atomic mass is 9.92. The molecule has 3 aromatic carbocycles. The van der Waals surface area contributed by atoms with Gasteiger partial charge in [-0.3, -0.25) is 4.79 Å². The molecule has 42 heavy (non-hydrogen) atoms. The molecule has 4 aromatic rings. The molecule has 1 unspecified atom stereocenters. The van der Waals surface area contributed by atoms with Gasteiger partial charge in [-0.05, 0) is 68.4 Å². The molecule has 1 aliphatic heterocycles. The Morgan fingerprint density at radius 1 is 0.905 bits per heavy atom. The highest BCUT2D eigenvalue weighted by Gasteiger charge is 2.29. The minimum Gasteiger partial charge on any atom is -0.497 e. The number of hydrogen-bond donors (Lipinski definition) is 2. The fraction of sp³-hybridized carbons (Fsp3) is 0.303. The van der Waals surface area contributed by atoms with Gasteiger partial charge in [0.25, 0.3) is 0 Å². The van der Waals surface area contributed by atoms with E-state index < -0.39 is 5.92 Å². The third-order valence-corrected chi connectivity index (χ3v) is 7.71. The first kappa shape index (κ1) is 28.9. The van der Waals surface area contributed by atoms with Crippen LogP contribution in [0.15, 0.2) is 72.9 Å². The molecule has 1 aromatic heterocycles. The Morgan fingerprint density at radius 3 is 2.29 bits per heavy atom. The normalized spacial score (nSPS) is 14.3. The van der Waals surface area contributed by atoms with Gasteiger partial charge in [0.2, 0.25) is 11.9 Å². The van der Waals surface area contributed by atoms with Gasteiger partial charge in [0.1, 0.15) is 17.4 Å². The number of nitrogens with one attached hydrogen (secondary N) is 2. The predicted octanol–water partition coefficient (Wildman–Crippen LogP) is 5.38. The molecule has 1 atom stereocenters. The molecule has 0 bridgehead atoms. The lowest BCUT2D eigenvalue weighted by Gasteiger charge is -2.34. The number of ether oxygens (including phenoxy) is 2. The summed E-state index contributed by atoms with van der Waals surface area (Å²) >= 11 is 0. The molecule has 5 rings (SSSR count). The highest BCUT2D eigenvalue weighted by Crippen LogP contribution is 2.36. The zero-order valence-electron chi connectivity index (χ0n) is 24.8. The molecule has 0 spiro atoms. The number of carbonyl (C=O) groups is 1. The molecular weight excluding hydrogens is 528 g/mol. The van der Waals surface area contributed by atoms with E-state index in [1.54, 1.807) is 32.5 Å². The van der Waals surface area contributed by atoms with Crippen molar-refractivity contribution in [3.8, 4) is 11.5 Å². The van der Waals surface area contributed by atoms with Crippen LogP contribution in [0.4, 0.5) is 23.0 Å². The Morgan fingerprint density at radius 2 is 1.62 bits per heavy atom. The average molecular weight is 567 g/mol. The number of nitrogens with zero attached hydrogens (tertiary/aromatic N) is 4. The van der Waals surface area contributed by atoms with Crippen molar-refractivity contribution in [2.45, 2.75) is 19.8 Å². The maximum absolute atomic E-state index is 14.0. The van der Waals surface area contributed by atoms with Crippen molar-refractivity contribution in [2.24, 2.45) is 0 Å². The van der Waals surface area contributed by atoms with Crippen molar-refractivity contribution in [3.05, 3.63) is 95.3 Å². The molecule has 0 radical (unpaired) electrons. The number of carbonyl (C=O) groups excluding carboxylic acids is 1. The van der Waals surface area contributed by atoms with E-state index in [4.69, 9.17) is 14.5 Å². The van der Waals surface area contributed by atoms with E-state index in [1.165, 1.54) is 5.69 Å². The second kappa shape index (κ2) is 12.9. The van der Waals surface area contributed by atoms with Crippen molar-refractivity contribution >= 4 is 28.9 Å². The largest absolute Gasteiger partial charge is 0.497 e. The van der Waals surface area contributed by atoms with Gasteiger partial charge in [-0.2, -0.15) is 0 Å². The summed E-state index contributed by atoms with van der Waals surface area (Å²) in [5.74, 6) is 0.570. The number of anilines is 4. The van der Waals surface area contributed by atoms with Crippen molar-refractivity contribution in [2.75, 3.05) is 63.0 Å². The van der Waals surface area contributed by atoms with Gasteiger partial charge in [0.05, 0.1) is 19.9 Å². The molecule has 0 aliphatic carbocycles. The zero-order chi connectivity index (χ0) is 29.6. The number of likely N-dealkylation sites (N-methyl/N-ethyl adjacent to an activating group) is 1. The third kappa shape index (κ3) is 6.47. The molecule has 2 heterocycles. The van der Waals surface area contributed by atoms with E-state index in [2.05, 4.69) is 44.6 Å². The number of benzene rings is 3. The van der Waals surface area contributed by atoms with Crippen LogP contribution in [0.2, 0.25) is 0 Å². The summed E-state index contributed by atoms with van der Waals surface area (Å²) in [6, 6.07) is 21.4. The maximum Gasteiger partial charge on any atom is 0.238 e. The summed E-state index contributed by atoms with van der Waals surface area (Å²) in [6.07, 6.45) is 1.67. The zero-order valence-corrected chi connectivity index (χ0v) is 24.8. The first-order chi connectivity index (χ1) is 20.4. The van der Waals surface area contributed by atoms with E-state index in [0.717, 1.165) is 48.7 Å². The first-order valence-electron chi connectivity index (χ1n) is 14.1. The van der Waals surface area contributed by atoms with Crippen LogP contribution in [0, 0.1) is 13.8 Å². The molecule has 218 valence electrons. The lowest BCUT2D eigenvalue weighted by Crippen LogP contribution is -2.44. The molecule has 2 N–H and O–H groups in total. The van der Waals surface area contributed by atoms with Gasteiger partial charge in [-0.1, -0.05) is 24.3 Å². The topological polar surface area (TPSA) is 91.8 Å². The molecule has 1 saturated heterocycles. The summed E-state index contributed by atoms with van der Waals surface area (Å²) in [4.78, 5) is 28.0. The van der Waals surface area contributed by atoms with Gasteiger partial charge in [0, 0.05) is 61.1 Å². The number of hydrogen-bond acceptors (Lipinski definition) is 8. The van der Waals surface area contributed by atoms with Crippen LogP contribution in [-0.2, 0) is 4.79 Å². The van der Waals surface area contributed by atoms with Crippen LogP contribution in [0.25, 0.3) is 0 Å². The first-order valence-corrected chi connectivity index (χ1v) is 14.1. The molecular formula is C33H38N6O3. The number of para-hydroxylation sites is 1. The van der Waals surface area contributed by atoms with Crippen LogP contribution >= 0.6 is 0 Å². The second-order valence-corrected chi connectivity index (χ2v) is 10.6. The van der Waals surface area contributed by atoms with Gasteiger partial charge >= 0.3 is 0 Å². The van der Waals surface area contributed by atoms with Crippen molar-refractivity contribution < 1.29 is 14.3 Å². The van der Waals surface area contributed by atoms with Gasteiger partial charge < -0.3 is 29.9 Å². The fourth-order valence-electron chi connectivity index (χ4n) is 5.24. The number of rotatable bonds is 9. The smallest absolute Gasteiger partial charge is 0.238 e. The Balaban J connectivity index is 1.45. The van der Waals surface area contributed by atoms with E-state index in [9.17, 15) is 4.79 Å². The SMILES string of the molecule is COc1ccc(C(C(=O)Nc2c(C)cccc2C)c2ccnc(Nc3ccc(N4CCN(C)CC4)cc3)n2)c(OC)c1.